The van der Waals surface area contributed by atoms with Gasteiger partial charge in [-0.05, 0) is 30.3 Å². The van der Waals surface area contributed by atoms with Gasteiger partial charge in [0.25, 0.3) is 17.0 Å². The molecule has 2 heterocycles. The van der Waals surface area contributed by atoms with E-state index in [0.29, 0.717) is 11.3 Å². The second-order valence-corrected chi connectivity index (χ2v) is 5.76. The molecule has 7 heteroatoms. The predicted molar refractivity (Wildman–Crippen MR) is 96.1 cm³/mol. The summed E-state index contributed by atoms with van der Waals surface area (Å²) in [6.45, 7) is 0. The van der Waals surface area contributed by atoms with Crippen molar-refractivity contribution in [3.8, 4) is 0 Å². The smallest absolute Gasteiger partial charge is 0.272 e. The number of fused-ring (bicyclic) bond motifs is 2. The van der Waals surface area contributed by atoms with Gasteiger partial charge in [0, 0.05) is 29.7 Å². The van der Waals surface area contributed by atoms with Gasteiger partial charge in [-0.15, -0.1) is 0 Å². The Morgan fingerprint density at radius 2 is 1.72 bits per heavy atom. The van der Waals surface area contributed by atoms with Crippen LogP contribution >= 0.6 is 0 Å². The highest BCUT2D eigenvalue weighted by Gasteiger charge is 2.15. The number of hydrogen-bond acceptors (Lipinski definition) is 3. The van der Waals surface area contributed by atoms with Crippen molar-refractivity contribution in [2.75, 3.05) is 5.32 Å². The van der Waals surface area contributed by atoms with E-state index in [1.165, 1.54) is 6.07 Å². The standard InChI is InChI=1S/C18H14N4O3/c1-22-9-8-10-11(4-3-7-14(10)22)16(23)19-13-6-2-5-12-15(13)18(25)21-20-17(12)24/h2-9H,1H3,(H,19,23)(H,20,24)(H,21,25). The molecule has 124 valence electrons. The summed E-state index contributed by atoms with van der Waals surface area (Å²) >= 11 is 0. The van der Waals surface area contributed by atoms with Gasteiger partial charge in [-0.2, -0.15) is 0 Å². The summed E-state index contributed by atoms with van der Waals surface area (Å²) in [5, 5.41) is 8.49. The highest BCUT2D eigenvalue weighted by molar-refractivity contribution is 6.14. The molecule has 0 aliphatic rings. The van der Waals surface area contributed by atoms with Gasteiger partial charge in [-0.1, -0.05) is 12.1 Å². The monoisotopic (exact) mass is 334 g/mol. The zero-order valence-electron chi connectivity index (χ0n) is 13.3. The van der Waals surface area contributed by atoms with Gasteiger partial charge in [0.05, 0.1) is 16.5 Å². The maximum Gasteiger partial charge on any atom is 0.272 e. The van der Waals surface area contributed by atoms with Crippen molar-refractivity contribution in [2.24, 2.45) is 7.05 Å². The Kier molecular flexibility index (Phi) is 3.28. The lowest BCUT2D eigenvalue weighted by Crippen LogP contribution is -2.21. The Morgan fingerprint density at radius 3 is 2.56 bits per heavy atom. The van der Waals surface area contributed by atoms with Crippen LogP contribution in [0.1, 0.15) is 10.4 Å². The lowest BCUT2D eigenvalue weighted by atomic mass is 10.1. The molecule has 0 spiro atoms. The Hall–Kier alpha value is -3.61. The summed E-state index contributed by atoms with van der Waals surface area (Å²) < 4.78 is 1.92. The topological polar surface area (TPSA) is 99.8 Å². The molecule has 2 aromatic heterocycles. The number of nitrogens with one attached hydrogen (secondary N) is 3. The Labute approximate surface area is 140 Å². The molecule has 3 N–H and O–H groups in total. The predicted octanol–water partition coefficient (Wildman–Crippen LogP) is 1.96. The van der Waals surface area contributed by atoms with E-state index in [9.17, 15) is 14.4 Å². The van der Waals surface area contributed by atoms with Crippen molar-refractivity contribution < 1.29 is 4.79 Å². The minimum atomic E-state index is -0.469. The van der Waals surface area contributed by atoms with Crippen LogP contribution < -0.4 is 16.4 Å². The van der Waals surface area contributed by atoms with Crippen LogP contribution in [0.3, 0.4) is 0 Å². The molecule has 0 bridgehead atoms. The van der Waals surface area contributed by atoms with E-state index in [1.807, 2.05) is 29.9 Å². The van der Waals surface area contributed by atoms with Crippen molar-refractivity contribution in [1.82, 2.24) is 14.8 Å². The highest BCUT2D eigenvalue weighted by atomic mass is 16.2. The number of anilines is 1. The SMILES string of the molecule is Cn1ccc2c(C(=O)Nc3cccc4c(=O)[nH][nH]c(=O)c34)cccc21. The van der Waals surface area contributed by atoms with Gasteiger partial charge in [-0.25, -0.2) is 0 Å². The number of aryl methyl sites for hydroxylation is 1. The number of H-pyrrole nitrogens is 2. The minimum absolute atomic E-state index is 0.153. The summed E-state index contributed by atoms with van der Waals surface area (Å²) in [5.74, 6) is -0.344. The second-order valence-electron chi connectivity index (χ2n) is 5.76. The first kappa shape index (κ1) is 14.9. The van der Waals surface area contributed by atoms with E-state index < -0.39 is 11.1 Å². The van der Waals surface area contributed by atoms with Crippen molar-refractivity contribution in [3.05, 3.63) is 74.9 Å². The van der Waals surface area contributed by atoms with Crippen LogP contribution in [0.2, 0.25) is 0 Å². The lowest BCUT2D eigenvalue weighted by molar-refractivity contribution is 0.102. The zero-order chi connectivity index (χ0) is 17.6. The van der Waals surface area contributed by atoms with Gasteiger partial charge in [0.15, 0.2) is 0 Å². The van der Waals surface area contributed by atoms with E-state index in [4.69, 9.17) is 0 Å². The number of benzene rings is 2. The molecule has 0 saturated heterocycles. The number of carbonyl (C=O) groups is 1. The molecule has 0 radical (unpaired) electrons. The summed E-state index contributed by atoms with van der Waals surface area (Å²) in [5.41, 5.74) is 0.832. The Bertz CT molecular complexity index is 1250. The van der Waals surface area contributed by atoms with E-state index in [0.717, 1.165) is 10.9 Å². The van der Waals surface area contributed by atoms with Crippen LogP contribution in [-0.4, -0.2) is 20.7 Å². The number of nitrogens with zero attached hydrogens (tertiary/aromatic N) is 1. The van der Waals surface area contributed by atoms with Gasteiger partial charge in [-0.3, -0.25) is 24.6 Å². The van der Waals surface area contributed by atoms with Crippen molar-refractivity contribution in [2.45, 2.75) is 0 Å². The fourth-order valence-electron chi connectivity index (χ4n) is 3.02. The highest BCUT2D eigenvalue weighted by Crippen LogP contribution is 2.22. The molecular formula is C18H14N4O3. The molecule has 0 fully saturated rings. The molecule has 25 heavy (non-hydrogen) atoms. The molecule has 0 unspecified atom stereocenters. The van der Waals surface area contributed by atoms with Crippen LogP contribution in [0.25, 0.3) is 21.7 Å². The summed E-state index contributed by atoms with van der Waals surface area (Å²) in [7, 11) is 1.90. The molecule has 4 aromatic rings. The van der Waals surface area contributed by atoms with Crippen LogP contribution in [-0.2, 0) is 7.05 Å². The second kappa shape index (κ2) is 5.48. The van der Waals surface area contributed by atoms with E-state index >= 15 is 0 Å². The van der Waals surface area contributed by atoms with Crippen molar-refractivity contribution in [3.63, 3.8) is 0 Å². The number of aromatic amines is 2. The first-order valence-corrected chi connectivity index (χ1v) is 7.65. The quantitative estimate of drug-likeness (QED) is 0.522. The maximum atomic E-state index is 12.8. The maximum absolute atomic E-state index is 12.8. The normalized spacial score (nSPS) is 11.1. The summed E-state index contributed by atoms with van der Waals surface area (Å²) in [6, 6.07) is 12.1. The van der Waals surface area contributed by atoms with Gasteiger partial charge in [0.1, 0.15) is 0 Å². The van der Waals surface area contributed by atoms with E-state index in [-0.39, 0.29) is 16.7 Å². The number of carbonyl (C=O) groups excluding carboxylic acids is 1. The van der Waals surface area contributed by atoms with Crippen LogP contribution in [0.15, 0.2) is 58.3 Å². The van der Waals surface area contributed by atoms with E-state index in [1.54, 1.807) is 24.3 Å². The first-order valence-electron chi connectivity index (χ1n) is 7.65. The van der Waals surface area contributed by atoms with Crippen LogP contribution in [0, 0.1) is 0 Å². The molecule has 2 aromatic carbocycles. The number of rotatable bonds is 2. The minimum Gasteiger partial charge on any atom is -0.351 e. The summed E-state index contributed by atoms with van der Waals surface area (Å²) in [4.78, 5) is 36.7. The fraction of sp³-hybridized carbons (Fsp3) is 0.0556. The molecule has 0 aliphatic carbocycles. The average Bonchev–Trinajstić information content (AvgIpc) is 2.99. The zero-order valence-corrected chi connectivity index (χ0v) is 13.3. The number of hydrogen-bond donors (Lipinski definition) is 3. The molecule has 7 nitrogen and oxygen atoms in total. The van der Waals surface area contributed by atoms with Gasteiger partial charge >= 0.3 is 0 Å². The van der Waals surface area contributed by atoms with Gasteiger partial charge < -0.3 is 9.88 Å². The Morgan fingerprint density at radius 1 is 0.960 bits per heavy atom. The Balaban J connectivity index is 1.84. The molecule has 1 amide bonds. The third-order valence-electron chi connectivity index (χ3n) is 4.25. The molecule has 4 rings (SSSR count). The third-order valence-corrected chi connectivity index (χ3v) is 4.25. The van der Waals surface area contributed by atoms with Gasteiger partial charge in [0.2, 0.25) is 0 Å². The summed E-state index contributed by atoms with van der Waals surface area (Å²) in [6.07, 6.45) is 1.88. The third kappa shape index (κ3) is 2.33. The average molecular weight is 334 g/mol. The molecule has 0 atom stereocenters. The first-order chi connectivity index (χ1) is 12.1. The van der Waals surface area contributed by atoms with Crippen molar-refractivity contribution >= 4 is 33.3 Å². The largest absolute Gasteiger partial charge is 0.351 e. The molecular weight excluding hydrogens is 320 g/mol. The van der Waals surface area contributed by atoms with Crippen molar-refractivity contribution in [1.29, 1.82) is 0 Å². The van der Waals surface area contributed by atoms with Crippen LogP contribution in [0.4, 0.5) is 5.69 Å². The van der Waals surface area contributed by atoms with E-state index in [2.05, 4.69) is 15.5 Å². The fourth-order valence-corrected chi connectivity index (χ4v) is 3.02. The molecule has 0 aliphatic heterocycles. The van der Waals surface area contributed by atoms with Crippen LogP contribution in [0.5, 0.6) is 0 Å². The lowest BCUT2D eigenvalue weighted by Gasteiger charge is -2.09. The molecule has 0 saturated carbocycles. The number of aromatic nitrogens is 3. The number of amides is 1.